The number of methoxy groups -OCH3 is 1. The minimum atomic E-state index is -0.172. The number of amides is 1. The van der Waals surface area contributed by atoms with Crippen molar-refractivity contribution in [1.29, 1.82) is 0 Å². The third kappa shape index (κ3) is 4.20. The first-order chi connectivity index (χ1) is 12.1. The van der Waals surface area contributed by atoms with E-state index >= 15 is 0 Å². The van der Waals surface area contributed by atoms with Gasteiger partial charge in [0.2, 0.25) is 0 Å². The second-order valence-electron chi connectivity index (χ2n) is 5.83. The van der Waals surface area contributed by atoms with Gasteiger partial charge in [-0.3, -0.25) is 4.79 Å². The Morgan fingerprint density at radius 1 is 1.32 bits per heavy atom. The van der Waals surface area contributed by atoms with Gasteiger partial charge < -0.3 is 14.4 Å². The van der Waals surface area contributed by atoms with Crippen molar-refractivity contribution in [3.63, 3.8) is 0 Å². The zero-order chi connectivity index (χ0) is 17.8. The molecular formula is C18H21BrN2O3S. The lowest BCUT2D eigenvalue weighted by atomic mass is 10.1. The second kappa shape index (κ2) is 8.27. The van der Waals surface area contributed by atoms with E-state index in [1.807, 2.05) is 25.1 Å². The molecule has 3 rings (SSSR count). The maximum Gasteiger partial charge on any atom is 0.286 e. The van der Waals surface area contributed by atoms with Crippen LogP contribution in [-0.4, -0.2) is 42.8 Å². The lowest BCUT2D eigenvalue weighted by Crippen LogP contribution is -2.33. The molecule has 0 aliphatic carbocycles. The van der Waals surface area contributed by atoms with E-state index in [4.69, 9.17) is 9.47 Å². The number of carbonyl (C=O) groups is 1. The number of hydrogen-bond acceptors (Lipinski definition) is 5. The molecule has 5 nitrogen and oxygen atoms in total. The molecule has 0 spiro atoms. The molecule has 134 valence electrons. The van der Waals surface area contributed by atoms with Crippen LogP contribution in [0.2, 0.25) is 0 Å². The Morgan fingerprint density at radius 2 is 2.08 bits per heavy atom. The van der Waals surface area contributed by atoms with Crippen molar-refractivity contribution in [2.45, 2.75) is 26.2 Å². The molecule has 1 aromatic carbocycles. The van der Waals surface area contributed by atoms with Crippen LogP contribution >= 0.6 is 27.7 Å². The Hall–Kier alpha value is -1.47. The number of piperidine rings is 1. The smallest absolute Gasteiger partial charge is 0.286 e. The average Bonchev–Trinajstić information content (AvgIpc) is 2.98. The Balaban J connectivity index is 1.81. The second-order valence-corrected chi connectivity index (χ2v) is 7.69. The van der Waals surface area contributed by atoms with Crippen molar-refractivity contribution in [3.8, 4) is 11.5 Å². The Kier molecular flexibility index (Phi) is 6.06. The van der Waals surface area contributed by atoms with Gasteiger partial charge in [0.25, 0.3) is 5.91 Å². The number of aliphatic imine (C=N–C) groups is 1. The number of carbonyl (C=O) groups excluding carboxylic acids is 1. The van der Waals surface area contributed by atoms with Gasteiger partial charge in [-0.25, -0.2) is 0 Å². The van der Waals surface area contributed by atoms with Crippen molar-refractivity contribution in [2.24, 2.45) is 4.99 Å². The zero-order valence-corrected chi connectivity index (χ0v) is 16.8. The van der Waals surface area contributed by atoms with Crippen molar-refractivity contribution in [2.75, 3.05) is 26.8 Å². The molecule has 7 heteroatoms. The van der Waals surface area contributed by atoms with Crippen molar-refractivity contribution in [3.05, 3.63) is 27.1 Å². The standard InChI is InChI=1S/C18H21BrN2O3S/c1-3-24-16-13(19)9-12(10-14(16)23-2)11-15-17(22)20-18(25-15)21-7-5-4-6-8-21/h9-11H,3-8H2,1-2H3/b15-11-. The SMILES string of the molecule is CCOc1c(Br)cc(/C=C2\SC(N3CCCCC3)=NC2=O)cc1OC. The van der Waals surface area contributed by atoms with Crippen molar-refractivity contribution in [1.82, 2.24) is 4.90 Å². The Bertz CT molecular complexity index is 727. The number of nitrogens with zero attached hydrogens (tertiary/aromatic N) is 2. The van der Waals surface area contributed by atoms with Crippen LogP contribution in [0.25, 0.3) is 6.08 Å². The fourth-order valence-electron chi connectivity index (χ4n) is 2.88. The molecule has 1 amide bonds. The predicted octanol–water partition coefficient (Wildman–Crippen LogP) is 4.31. The number of halogens is 1. The van der Waals surface area contributed by atoms with E-state index in [1.54, 1.807) is 7.11 Å². The molecule has 0 atom stereocenters. The van der Waals surface area contributed by atoms with Gasteiger partial charge in [-0.15, -0.1) is 0 Å². The fraction of sp³-hybridized carbons (Fsp3) is 0.444. The number of amidine groups is 1. The van der Waals surface area contributed by atoms with Crippen LogP contribution in [0.3, 0.4) is 0 Å². The van der Waals surface area contributed by atoms with Gasteiger partial charge in [0, 0.05) is 13.1 Å². The first-order valence-corrected chi connectivity index (χ1v) is 10.0. The summed E-state index contributed by atoms with van der Waals surface area (Å²) in [4.78, 5) is 19.3. The van der Waals surface area contributed by atoms with Crippen molar-refractivity contribution < 1.29 is 14.3 Å². The molecular weight excluding hydrogens is 404 g/mol. The average molecular weight is 425 g/mol. The summed E-state index contributed by atoms with van der Waals surface area (Å²) in [7, 11) is 1.61. The maximum atomic E-state index is 12.3. The summed E-state index contributed by atoms with van der Waals surface area (Å²) in [5.74, 6) is 1.13. The Morgan fingerprint density at radius 3 is 2.76 bits per heavy atom. The molecule has 0 saturated carbocycles. The summed E-state index contributed by atoms with van der Waals surface area (Å²) < 4.78 is 11.8. The molecule has 0 radical (unpaired) electrons. The van der Waals surface area contributed by atoms with E-state index in [9.17, 15) is 4.79 Å². The molecule has 1 fully saturated rings. The molecule has 25 heavy (non-hydrogen) atoms. The molecule has 0 N–H and O–H groups in total. The molecule has 2 aliphatic heterocycles. The summed E-state index contributed by atoms with van der Waals surface area (Å²) in [5, 5.41) is 0.827. The van der Waals surface area contributed by atoms with Gasteiger partial charge in [-0.05, 0) is 77.7 Å². The molecule has 0 bridgehead atoms. The zero-order valence-electron chi connectivity index (χ0n) is 14.4. The fourth-order valence-corrected chi connectivity index (χ4v) is 4.42. The van der Waals surface area contributed by atoms with Gasteiger partial charge in [0.1, 0.15) is 0 Å². The first kappa shape index (κ1) is 18.3. The van der Waals surface area contributed by atoms with Crippen LogP contribution in [0.15, 0.2) is 26.5 Å². The third-order valence-corrected chi connectivity index (χ3v) is 5.71. The van der Waals surface area contributed by atoms with E-state index in [1.165, 1.54) is 18.2 Å². The number of benzene rings is 1. The highest BCUT2D eigenvalue weighted by Gasteiger charge is 2.27. The Labute approximate surface area is 160 Å². The van der Waals surface area contributed by atoms with Crippen LogP contribution in [0.1, 0.15) is 31.7 Å². The molecule has 1 saturated heterocycles. The van der Waals surface area contributed by atoms with Gasteiger partial charge in [0.15, 0.2) is 16.7 Å². The van der Waals surface area contributed by atoms with Gasteiger partial charge in [0.05, 0.1) is 23.1 Å². The quantitative estimate of drug-likeness (QED) is 0.673. The maximum absolute atomic E-state index is 12.3. The van der Waals surface area contributed by atoms with Crippen LogP contribution in [0.5, 0.6) is 11.5 Å². The largest absolute Gasteiger partial charge is 0.493 e. The highest BCUT2D eigenvalue weighted by molar-refractivity contribution is 9.10. The monoisotopic (exact) mass is 424 g/mol. The number of hydrogen-bond donors (Lipinski definition) is 0. The lowest BCUT2D eigenvalue weighted by Gasteiger charge is -2.27. The van der Waals surface area contributed by atoms with Crippen LogP contribution in [0, 0.1) is 0 Å². The minimum Gasteiger partial charge on any atom is -0.493 e. The van der Waals surface area contributed by atoms with E-state index in [0.29, 0.717) is 23.0 Å². The van der Waals surface area contributed by atoms with E-state index in [0.717, 1.165) is 41.1 Å². The summed E-state index contributed by atoms with van der Waals surface area (Å²) in [5.41, 5.74) is 0.873. The number of ether oxygens (including phenoxy) is 2. The lowest BCUT2D eigenvalue weighted by molar-refractivity contribution is -0.113. The first-order valence-electron chi connectivity index (χ1n) is 8.40. The number of rotatable bonds is 4. The summed E-state index contributed by atoms with van der Waals surface area (Å²) >= 11 is 4.97. The highest BCUT2D eigenvalue weighted by atomic mass is 79.9. The highest BCUT2D eigenvalue weighted by Crippen LogP contribution is 2.38. The van der Waals surface area contributed by atoms with Crippen LogP contribution in [0.4, 0.5) is 0 Å². The van der Waals surface area contributed by atoms with Gasteiger partial charge >= 0.3 is 0 Å². The van der Waals surface area contributed by atoms with E-state index < -0.39 is 0 Å². The summed E-state index contributed by atoms with van der Waals surface area (Å²) in [6.45, 7) is 4.44. The molecule has 0 aromatic heterocycles. The molecule has 2 aliphatic rings. The minimum absolute atomic E-state index is 0.172. The predicted molar refractivity (Wildman–Crippen MR) is 105 cm³/mol. The van der Waals surface area contributed by atoms with Crippen molar-refractivity contribution >= 4 is 44.8 Å². The topological polar surface area (TPSA) is 51.1 Å². The molecule has 0 unspecified atom stereocenters. The summed E-state index contributed by atoms with van der Waals surface area (Å²) in [6, 6.07) is 3.79. The number of likely N-dealkylation sites (tertiary alicyclic amines) is 1. The third-order valence-electron chi connectivity index (χ3n) is 4.07. The molecule has 1 aromatic rings. The van der Waals surface area contributed by atoms with Crippen LogP contribution in [-0.2, 0) is 4.79 Å². The van der Waals surface area contributed by atoms with E-state index in [2.05, 4.69) is 25.8 Å². The molecule has 2 heterocycles. The van der Waals surface area contributed by atoms with E-state index in [-0.39, 0.29) is 5.91 Å². The number of thioether (sulfide) groups is 1. The normalized spacial score (nSPS) is 19.3. The van der Waals surface area contributed by atoms with Crippen LogP contribution < -0.4 is 9.47 Å². The summed E-state index contributed by atoms with van der Waals surface area (Å²) in [6.07, 6.45) is 5.44. The van der Waals surface area contributed by atoms with Gasteiger partial charge in [-0.1, -0.05) is 0 Å². The van der Waals surface area contributed by atoms with Gasteiger partial charge in [-0.2, -0.15) is 4.99 Å².